The number of fused-ring (bicyclic) bond motifs is 1. The topological polar surface area (TPSA) is 84.9 Å². The lowest BCUT2D eigenvalue weighted by Crippen LogP contribution is -2.51. The van der Waals surface area contributed by atoms with E-state index >= 15 is 0 Å². The van der Waals surface area contributed by atoms with Gasteiger partial charge in [0.15, 0.2) is 6.10 Å². The molecule has 0 aliphatic carbocycles. The zero-order valence-corrected chi connectivity index (χ0v) is 19.3. The van der Waals surface area contributed by atoms with E-state index in [0.717, 1.165) is 16.9 Å². The first-order valence-corrected chi connectivity index (χ1v) is 12.1. The van der Waals surface area contributed by atoms with Gasteiger partial charge in [0.1, 0.15) is 18.1 Å². The van der Waals surface area contributed by atoms with Gasteiger partial charge in [-0.15, -0.1) is 0 Å². The highest BCUT2D eigenvalue weighted by atomic mass is 32.2. The van der Waals surface area contributed by atoms with Crippen molar-refractivity contribution < 1.29 is 22.7 Å². The number of rotatable bonds is 7. The Morgan fingerprint density at radius 2 is 1.73 bits per heavy atom. The van der Waals surface area contributed by atoms with Crippen LogP contribution in [-0.4, -0.2) is 40.1 Å². The molecule has 0 saturated carbocycles. The van der Waals surface area contributed by atoms with Gasteiger partial charge in [0.25, 0.3) is 15.9 Å². The molecule has 0 saturated heterocycles. The number of aryl methyl sites for hydroxylation is 2. The lowest BCUT2D eigenvalue weighted by molar-refractivity contribution is -0.127. The van der Waals surface area contributed by atoms with Gasteiger partial charge in [-0.25, -0.2) is 8.42 Å². The molecule has 3 aromatic rings. The Morgan fingerprint density at radius 3 is 2.48 bits per heavy atom. The maximum absolute atomic E-state index is 13.4. The number of nitrogens with one attached hydrogen (secondary N) is 1. The highest BCUT2D eigenvalue weighted by Gasteiger charge is 2.37. The third kappa shape index (κ3) is 4.96. The molecule has 1 heterocycles. The van der Waals surface area contributed by atoms with Crippen molar-refractivity contribution in [3.63, 3.8) is 0 Å². The number of hydrogen-bond donors (Lipinski definition) is 1. The first-order chi connectivity index (χ1) is 15.9. The molecular weight excluding hydrogens is 440 g/mol. The van der Waals surface area contributed by atoms with E-state index in [4.69, 9.17) is 9.47 Å². The van der Waals surface area contributed by atoms with Crippen molar-refractivity contribution in [1.82, 2.24) is 5.32 Å². The van der Waals surface area contributed by atoms with Gasteiger partial charge in [0, 0.05) is 0 Å². The maximum atomic E-state index is 13.4. The van der Waals surface area contributed by atoms with Gasteiger partial charge < -0.3 is 14.8 Å². The van der Waals surface area contributed by atoms with Gasteiger partial charge in [-0.05, 0) is 49.7 Å². The Balaban J connectivity index is 1.47. The van der Waals surface area contributed by atoms with E-state index in [9.17, 15) is 13.2 Å². The predicted molar refractivity (Wildman–Crippen MR) is 126 cm³/mol. The number of sulfonamides is 1. The summed E-state index contributed by atoms with van der Waals surface area (Å²) in [4.78, 5) is 13.0. The largest absolute Gasteiger partial charge is 0.491 e. The summed E-state index contributed by atoms with van der Waals surface area (Å²) in [6, 6.07) is 21.1. The summed E-state index contributed by atoms with van der Waals surface area (Å²) in [5.41, 5.74) is 2.37. The van der Waals surface area contributed by atoms with Crippen LogP contribution >= 0.6 is 0 Å². The number of carbonyl (C=O) groups is 1. The van der Waals surface area contributed by atoms with Crippen LogP contribution in [0.1, 0.15) is 11.1 Å². The molecule has 1 N–H and O–H groups in total. The summed E-state index contributed by atoms with van der Waals surface area (Å²) in [7, 11) is -3.88. The van der Waals surface area contributed by atoms with Crippen molar-refractivity contribution in [1.29, 1.82) is 0 Å². The van der Waals surface area contributed by atoms with Crippen LogP contribution in [0.4, 0.5) is 5.69 Å². The number of nitrogens with zero attached hydrogens (tertiary/aromatic N) is 1. The van der Waals surface area contributed by atoms with Gasteiger partial charge >= 0.3 is 0 Å². The highest BCUT2D eigenvalue weighted by Crippen LogP contribution is 2.36. The van der Waals surface area contributed by atoms with Gasteiger partial charge in [-0.3, -0.25) is 9.10 Å². The molecule has 172 valence electrons. The van der Waals surface area contributed by atoms with Crippen LogP contribution in [0, 0.1) is 13.8 Å². The molecule has 1 aliphatic heterocycles. The minimum Gasteiger partial charge on any atom is -0.491 e. The predicted octanol–water partition coefficient (Wildman–Crippen LogP) is 3.45. The third-order valence-electron chi connectivity index (χ3n) is 5.39. The molecule has 8 heteroatoms. The fourth-order valence-electron chi connectivity index (χ4n) is 3.57. The molecule has 4 rings (SSSR count). The summed E-state index contributed by atoms with van der Waals surface area (Å²) in [5, 5.41) is 2.78. The number of amides is 1. The Morgan fingerprint density at radius 1 is 1.03 bits per heavy atom. The number of carbonyl (C=O) groups excluding carboxylic acids is 1. The van der Waals surface area contributed by atoms with E-state index in [2.05, 4.69) is 5.32 Å². The normalized spacial score (nSPS) is 15.3. The lowest BCUT2D eigenvalue weighted by Gasteiger charge is -2.34. The van der Waals surface area contributed by atoms with Gasteiger partial charge in [0.2, 0.25) is 0 Å². The second-order valence-corrected chi connectivity index (χ2v) is 9.69. The smallest absolute Gasteiger partial charge is 0.264 e. The van der Waals surface area contributed by atoms with Crippen LogP contribution in [0.15, 0.2) is 77.7 Å². The molecule has 0 aromatic heterocycles. The van der Waals surface area contributed by atoms with E-state index in [1.807, 2.05) is 38.1 Å². The van der Waals surface area contributed by atoms with Crippen LogP contribution in [0.2, 0.25) is 0 Å². The van der Waals surface area contributed by atoms with Crippen LogP contribution in [0.5, 0.6) is 11.5 Å². The van der Waals surface area contributed by atoms with E-state index in [1.165, 1.54) is 4.31 Å². The summed E-state index contributed by atoms with van der Waals surface area (Å²) < 4.78 is 39.6. The van der Waals surface area contributed by atoms with Crippen molar-refractivity contribution in [3.05, 3.63) is 83.9 Å². The summed E-state index contributed by atoms with van der Waals surface area (Å²) in [5.74, 6) is 0.697. The molecule has 0 bridgehead atoms. The second kappa shape index (κ2) is 9.54. The highest BCUT2D eigenvalue weighted by molar-refractivity contribution is 7.92. The van der Waals surface area contributed by atoms with Crippen LogP contribution in [0.3, 0.4) is 0 Å². The summed E-state index contributed by atoms with van der Waals surface area (Å²) in [6.07, 6.45) is -0.987. The Hall–Kier alpha value is -3.52. The maximum Gasteiger partial charge on any atom is 0.264 e. The van der Waals surface area contributed by atoms with Gasteiger partial charge in [-0.1, -0.05) is 48.0 Å². The van der Waals surface area contributed by atoms with Crippen molar-refractivity contribution in [2.24, 2.45) is 0 Å². The molecule has 1 amide bonds. The molecule has 3 aromatic carbocycles. The minimum absolute atomic E-state index is 0.127. The molecule has 0 spiro atoms. The fraction of sp³-hybridized carbons (Fsp3) is 0.240. The standard InChI is InChI=1S/C25H26N2O5S/c1-18-11-13-20(14-12-18)33(29,30)27-17-24(32-23-10-6-4-8-21(23)27)25(28)26-15-16-31-22-9-5-3-7-19(22)2/h3-14,24H,15-17H2,1-2H3,(H,26,28)/t24-/m1/s1. The zero-order valence-electron chi connectivity index (χ0n) is 18.5. The van der Waals surface area contributed by atoms with Crippen molar-refractivity contribution in [2.45, 2.75) is 24.8 Å². The number of hydrogen-bond acceptors (Lipinski definition) is 5. The van der Waals surface area contributed by atoms with Crippen molar-refractivity contribution >= 4 is 21.6 Å². The lowest BCUT2D eigenvalue weighted by atomic mass is 10.2. The fourth-order valence-corrected chi connectivity index (χ4v) is 5.05. The van der Waals surface area contributed by atoms with Crippen molar-refractivity contribution in [3.8, 4) is 11.5 Å². The Kier molecular flexibility index (Phi) is 6.55. The van der Waals surface area contributed by atoms with Crippen molar-refractivity contribution in [2.75, 3.05) is 24.0 Å². The first kappa shape index (κ1) is 22.7. The van der Waals surface area contributed by atoms with Gasteiger partial charge in [-0.2, -0.15) is 0 Å². The van der Waals surface area contributed by atoms with Crippen LogP contribution < -0.4 is 19.1 Å². The van der Waals surface area contributed by atoms with E-state index in [0.29, 0.717) is 11.4 Å². The molecular formula is C25H26N2O5S. The zero-order chi connectivity index (χ0) is 23.4. The van der Waals surface area contributed by atoms with Gasteiger partial charge in [0.05, 0.1) is 23.7 Å². The van der Waals surface area contributed by atoms with Crippen LogP contribution in [0.25, 0.3) is 0 Å². The molecule has 0 unspecified atom stereocenters. The SMILES string of the molecule is Cc1ccc(S(=O)(=O)N2C[C@H](C(=O)NCCOc3ccccc3C)Oc3ccccc32)cc1. The first-order valence-electron chi connectivity index (χ1n) is 10.7. The quantitative estimate of drug-likeness (QED) is 0.539. The number of para-hydroxylation sites is 3. The summed E-state index contributed by atoms with van der Waals surface area (Å²) >= 11 is 0. The average molecular weight is 467 g/mol. The molecule has 0 radical (unpaired) electrons. The molecule has 33 heavy (non-hydrogen) atoms. The van der Waals surface area contributed by atoms with Crippen LogP contribution in [-0.2, 0) is 14.8 Å². The van der Waals surface area contributed by atoms with E-state index < -0.39 is 22.0 Å². The molecule has 1 aliphatic rings. The number of benzene rings is 3. The minimum atomic E-state index is -3.88. The second-order valence-electron chi connectivity index (χ2n) is 7.83. The number of ether oxygens (including phenoxy) is 2. The third-order valence-corrected chi connectivity index (χ3v) is 7.18. The number of anilines is 1. The summed E-state index contributed by atoms with van der Waals surface area (Å²) in [6.45, 7) is 4.26. The molecule has 0 fully saturated rings. The Labute approximate surface area is 194 Å². The Bertz CT molecular complexity index is 1240. The van der Waals surface area contributed by atoms with E-state index in [1.54, 1.807) is 48.5 Å². The molecule has 7 nitrogen and oxygen atoms in total. The average Bonchev–Trinajstić information content (AvgIpc) is 2.82. The monoisotopic (exact) mass is 466 g/mol. The van der Waals surface area contributed by atoms with E-state index in [-0.39, 0.29) is 24.6 Å². The molecule has 1 atom stereocenters.